The zero-order chi connectivity index (χ0) is 13.2. The summed E-state index contributed by atoms with van der Waals surface area (Å²) in [5.74, 6) is 0.625. The average Bonchev–Trinajstić information content (AvgIpc) is 3.12. The van der Waals surface area contributed by atoms with Crippen molar-refractivity contribution in [1.29, 1.82) is 0 Å². The molecule has 19 heavy (non-hydrogen) atoms. The maximum absolute atomic E-state index is 5.56. The van der Waals surface area contributed by atoms with Crippen LogP contribution in [0, 0.1) is 13.8 Å². The Hall–Kier alpha value is -1.88. The zero-order valence-electron chi connectivity index (χ0n) is 11.2. The smallest absolute Gasteiger partial charge is 0.320 e. The van der Waals surface area contributed by atoms with Crippen LogP contribution in [0.3, 0.4) is 0 Å². The van der Waals surface area contributed by atoms with Crippen molar-refractivity contribution in [3.8, 4) is 0 Å². The Bertz CT molecular complexity index is 575. The first-order valence-corrected chi connectivity index (χ1v) is 6.61. The summed E-state index contributed by atoms with van der Waals surface area (Å²) in [5.41, 5.74) is 3.36. The molecule has 0 saturated heterocycles. The average molecular weight is 258 g/mol. The van der Waals surface area contributed by atoms with Gasteiger partial charge < -0.3 is 15.1 Å². The highest BCUT2D eigenvalue weighted by atomic mass is 16.4. The van der Waals surface area contributed by atoms with E-state index in [0.29, 0.717) is 24.5 Å². The van der Waals surface area contributed by atoms with E-state index in [0.717, 1.165) is 11.3 Å². The van der Waals surface area contributed by atoms with Crippen molar-refractivity contribution in [2.75, 3.05) is 5.32 Å². The first kappa shape index (κ1) is 12.2. The Kier molecular flexibility index (Phi) is 3.21. The predicted octanol–water partition coefficient (Wildman–Crippen LogP) is 2.68. The number of hydrogen-bond donors (Lipinski definition) is 2. The second-order valence-corrected chi connectivity index (χ2v) is 5.10. The summed E-state index contributed by atoms with van der Waals surface area (Å²) in [4.78, 5) is 0. The largest absolute Gasteiger partial charge is 0.406 e. The SMILES string of the molecule is Cc1ccc(C)c(Nc2nnc(CNC3CC3)o2)c1. The number of aromatic nitrogens is 2. The van der Waals surface area contributed by atoms with Crippen molar-refractivity contribution >= 4 is 11.7 Å². The van der Waals surface area contributed by atoms with Gasteiger partial charge in [-0.25, -0.2) is 0 Å². The molecule has 3 rings (SSSR count). The van der Waals surface area contributed by atoms with Crippen LogP contribution in [0.1, 0.15) is 29.9 Å². The number of nitrogens with one attached hydrogen (secondary N) is 2. The fourth-order valence-corrected chi connectivity index (χ4v) is 1.88. The highest BCUT2D eigenvalue weighted by Crippen LogP contribution is 2.22. The number of nitrogens with zero attached hydrogens (tertiary/aromatic N) is 2. The molecule has 1 heterocycles. The van der Waals surface area contributed by atoms with Gasteiger partial charge in [-0.3, -0.25) is 0 Å². The van der Waals surface area contributed by atoms with Crippen LogP contribution < -0.4 is 10.6 Å². The Labute approximate surface area is 112 Å². The van der Waals surface area contributed by atoms with Crippen molar-refractivity contribution in [1.82, 2.24) is 15.5 Å². The van der Waals surface area contributed by atoms with Crippen LogP contribution in [-0.2, 0) is 6.54 Å². The summed E-state index contributed by atoms with van der Waals surface area (Å²) < 4.78 is 5.56. The second-order valence-electron chi connectivity index (χ2n) is 5.10. The highest BCUT2D eigenvalue weighted by Gasteiger charge is 2.21. The van der Waals surface area contributed by atoms with Gasteiger partial charge in [0.15, 0.2) is 0 Å². The van der Waals surface area contributed by atoms with Gasteiger partial charge in [-0.2, -0.15) is 0 Å². The zero-order valence-corrected chi connectivity index (χ0v) is 11.2. The minimum absolute atomic E-state index is 0.446. The Morgan fingerprint density at radius 1 is 1.26 bits per heavy atom. The van der Waals surface area contributed by atoms with Crippen LogP contribution in [0.25, 0.3) is 0 Å². The van der Waals surface area contributed by atoms with Crippen molar-refractivity contribution in [2.24, 2.45) is 0 Å². The lowest BCUT2D eigenvalue weighted by Crippen LogP contribution is -2.15. The molecule has 5 heteroatoms. The number of aryl methyl sites for hydroxylation is 2. The van der Waals surface area contributed by atoms with Gasteiger partial charge in [0.1, 0.15) is 0 Å². The molecule has 100 valence electrons. The van der Waals surface area contributed by atoms with Crippen LogP contribution in [0.2, 0.25) is 0 Å². The standard InChI is InChI=1S/C14H18N4O/c1-9-3-4-10(2)12(7-9)16-14-18-17-13(19-14)8-15-11-5-6-11/h3-4,7,11,15H,5-6,8H2,1-2H3,(H,16,18). The molecule has 0 unspecified atom stereocenters. The number of hydrogen-bond acceptors (Lipinski definition) is 5. The molecule has 1 fully saturated rings. The van der Waals surface area contributed by atoms with E-state index in [4.69, 9.17) is 4.42 Å². The Morgan fingerprint density at radius 3 is 2.89 bits per heavy atom. The van der Waals surface area contributed by atoms with Gasteiger partial charge in [0, 0.05) is 11.7 Å². The fraction of sp³-hybridized carbons (Fsp3) is 0.429. The van der Waals surface area contributed by atoms with Crippen LogP contribution in [0.15, 0.2) is 22.6 Å². The van der Waals surface area contributed by atoms with E-state index < -0.39 is 0 Å². The van der Waals surface area contributed by atoms with E-state index in [2.05, 4.69) is 46.0 Å². The fourth-order valence-electron chi connectivity index (χ4n) is 1.88. The van der Waals surface area contributed by atoms with Crippen LogP contribution in [0.4, 0.5) is 11.7 Å². The molecule has 2 N–H and O–H groups in total. The number of anilines is 2. The molecule has 0 bridgehead atoms. The molecule has 1 aromatic carbocycles. The van der Waals surface area contributed by atoms with Crippen molar-refractivity contribution < 1.29 is 4.42 Å². The summed E-state index contributed by atoms with van der Waals surface area (Å²) >= 11 is 0. The molecule has 2 aromatic rings. The van der Waals surface area contributed by atoms with Crippen LogP contribution in [0.5, 0.6) is 0 Å². The summed E-state index contributed by atoms with van der Waals surface area (Å²) in [7, 11) is 0. The first-order valence-electron chi connectivity index (χ1n) is 6.61. The quantitative estimate of drug-likeness (QED) is 0.863. The molecule has 0 atom stereocenters. The van der Waals surface area contributed by atoms with E-state index in [1.807, 2.05) is 6.92 Å². The van der Waals surface area contributed by atoms with E-state index in [9.17, 15) is 0 Å². The third kappa shape index (κ3) is 3.12. The predicted molar refractivity (Wildman–Crippen MR) is 73.4 cm³/mol. The van der Waals surface area contributed by atoms with Crippen LogP contribution >= 0.6 is 0 Å². The Morgan fingerprint density at radius 2 is 2.11 bits per heavy atom. The monoisotopic (exact) mass is 258 g/mol. The molecule has 0 spiro atoms. The minimum atomic E-state index is 0.446. The lowest BCUT2D eigenvalue weighted by Gasteiger charge is -2.06. The third-order valence-corrected chi connectivity index (χ3v) is 3.22. The lowest BCUT2D eigenvalue weighted by atomic mass is 10.1. The molecular formula is C14H18N4O. The molecule has 5 nitrogen and oxygen atoms in total. The maximum atomic E-state index is 5.56. The molecule has 0 radical (unpaired) electrons. The van der Waals surface area contributed by atoms with Crippen molar-refractivity contribution in [3.05, 3.63) is 35.2 Å². The highest BCUT2D eigenvalue weighted by molar-refractivity contribution is 5.58. The lowest BCUT2D eigenvalue weighted by molar-refractivity contribution is 0.478. The minimum Gasteiger partial charge on any atom is -0.406 e. The summed E-state index contributed by atoms with van der Waals surface area (Å²) in [6.45, 7) is 4.75. The summed E-state index contributed by atoms with van der Waals surface area (Å²) in [6, 6.07) is 7.31. The van der Waals surface area contributed by atoms with E-state index in [-0.39, 0.29) is 0 Å². The van der Waals surface area contributed by atoms with E-state index in [1.165, 1.54) is 18.4 Å². The van der Waals surface area contributed by atoms with E-state index in [1.54, 1.807) is 0 Å². The van der Waals surface area contributed by atoms with E-state index >= 15 is 0 Å². The number of rotatable bonds is 5. The summed E-state index contributed by atoms with van der Waals surface area (Å²) in [5, 5.41) is 14.6. The number of benzene rings is 1. The van der Waals surface area contributed by atoms with Gasteiger partial charge in [-0.15, -0.1) is 5.10 Å². The van der Waals surface area contributed by atoms with Gasteiger partial charge in [-0.1, -0.05) is 17.2 Å². The van der Waals surface area contributed by atoms with Gasteiger partial charge in [0.2, 0.25) is 5.89 Å². The maximum Gasteiger partial charge on any atom is 0.320 e. The molecule has 1 aliphatic rings. The van der Waals surface area contributed by atoms with Crippen LogP contribution in [-0.4, -0.2) is 16.2 Å². The van der Waals surface area contributed by atoms with Gasteiger partial charge in [-0.05, 0) is 43.9 Å². The van der Waals surface area contributed by atoms with Gasteiger partial charge >= 0.3 is 6.01 Å². The first-order chi connectivity index (χ1) is 9.20. The molecule has 0 amide bonds. The van der Waals surface area contributed by atoms with Gasteiger partial charge in [0.25, 0.3) is 0 Å². The molecule has 1 aliphatic carbocycles. The van der Waals surface area contributed by atoms with Crippen molar-refractivity contribution in [2.45, 2.75) is 39.3 Å². The second kappa shape index (κ2) is 5.01. The normalized spacial score (nSPS) is 14.6. The third-order valence-electron chi connectivity index (χ3n) is 3.22. The van der Waals surface area contributed by atoms with Gasteiger partial charge in [0.05, 0.1) is 6.54 Å². The molecular weight excluding hydrogens is 240 g/mol. The Balaban J connectivity index is 1.66. The molecule has 1 aromatic heterocycles. The van der Waals surface area contributed by atoms with Crippen molar-refractivity contribution in [3.63, 3.8) is 0 Å². The molecule has 1 saturated carbocycles. The molecule has 0 aliphatic heterocycles. The summed E-state index contributed by atoms with van der Waals surface area (Å²) in [6.07, 6.45) is 2.50. The topological polar surface area (TPSA) is 63.0 Å².